The van der Waals surface area contributed by atoms with Gasteiger partial charge in [-0.3, -0.25) is 10.1 Å². The lowest BCUT2D eigenvalue weighted by Crippen LogP contribution is -2.10. The highest BCUT2D eigenvalue weighted by atomic mass is 16.6. The molecule has 24 heavy (non-hydrogen) atoms. The Morgan fingerprint density at radius 1 is 1.25 bits per heavy atom. The summed E-state index contributed by atoms with van der Waals surface area (Å²) in [6.45, 7) is 2.56. The van der Waals surface area contributed by atoms with Gasteiger partial charge in [0.25, 0.3) is 5.95 Å². The first-order valence-electron chi connectivity index (χ1n) is 7.45. The minimum absolute atomic E-state index is 0.0984. The standard InChI is InChI=1S/C16H16N6O2/c1-12-9-15(17-8-7-13-5-3-2-4-6-13)20-16(19-12)21-11-14(10-18-21)22(23)24/h2-6,9-11H,7-8H2,1H3,(H,17,19,20). The fraction of sp³-hybridized carbons (Fsp3) is 0.188. The molecule has 0 aliphatic rings. The maximum absolute atomic E-state index is 10.8. The average Bonchev–Trinajstić information content (AvgIpc) is 3.06. The fourth-order valence-electron chi connectivity index (χ4n) is 2.24. The van der Waals surface area contributed by atoms with Gasteiger partial charge in [0, 0.05) is 18.3 Å². The van der Waals surface area contributed by atoms with Crippen LogP contribution in [0.25, 0.3) is 5.95 Å². The van der Waals surface area contributed by atoms with Crippen LogP contribution in [0.3, 0.4) is 0 Å². The van der Waals surface area contributed by atoms with Crippen molar-refractivity contribution in [2.24, 2.45) is 0 Å². The second kappa shape index (κ2) is 6.86. The molecule has 0 spiro atoms. The number of aryl methyl sites for hydroxylation is 1. The second-order valence-electron chi connectivity index (χ2n) is 5.26. The van der Waals surface area contributed by atoms with Gasteiger partial charge in [-0.05, 0) is 18.9 Å². The molecule has 1 aromatic carbocycles. The van der Waals surface area contributed by atoms with E-state index >= 15 is 0 Å². The van der Waals surface area contributed by atoms with E-state index in [0.29, 0.717) is 11.8 Å². The van der Waals surface area contributed by atoms with E-state index in [1.807, 2.05) is 31.2 Å². The van der Waals surface area contributed by atoms with Crippen molar-refractivity contribution < 1.29 is 4.92 Å². The Morgan fingerprint density at radius 3 is 2.75 bits per heavy atom. The number of nitrogens with zero attached hydrogens (tertiary/aromatic N) is 5. The highest BCUT2D eigenvalue weighted by molar-refractivity contribution is 5.39. The first-order valence-corrected chi connectivity index (χ1v) is 7.45. The molecule has 0 saturated heterocycles. The lowest BCUT2D eigenvalue weighted by molar-refractivity contribution is -0.384. The van der Waals surface area contributed by atoms with Crippen LogP contribution < -0.4 is 5.32 Å². The third kappa shape index (κ3) is 3.72. The number of anilines is 1. The number of nitrogens with one attached hydrogen (secondary N) is 1. The molecular weight excluding hydrogens is 308 g/mol. The van der Waals surface area contributed by atoms with Gasteiger partial charge in [0.05, 0.1) is 4.92 Å². The third-order valence-electron chi connectivity index (χ3n) is 3.39. The Labute approximate surface area is 138 Å². The van der Waals surface area contributed by atoms with E-state index in [0.717, 1.165) is 18.7 Å². The summed E-state index contributed by atoms with van der Waals surface area (Å²) in [4.78, 5) is 18.9. The molecule has 0 fully saturated rings. The van der Waals surface area contributed by atoms with Gasteiger partial charge in [0.15, 0.2) is 0 Å². The number of nitro groups is 1. The van der Waals surface area contributed by atoms with Crippen LogP contribution >= 0.6 is 0 Å². The van der Waals surface area contributed by atoms with Gasteiger partial charge < -0.3 is 5.32 Å². The van der Waals surface area contributed by atoms with Crippen molar-refractivity contribution in [1.29, 1.82) is 0 Å². The number of hydrogen-bond donors (Lipinski definition) is 1. The fourth-order valence-corrected chi connectivity index (χ4v) is 2.24. The minimum Gasteiger partial charge on any atom is -0.370 e. The van der Waals surface area contributed by atoms with Crippen LogP contribution in [0.15, 0.2) is 48.8 Å². The molecule has 8 heteroatoms. The van der Waals surface area contributed by atoms with Gasteiger partial charge in [0.2, 0.25) is 0 Å². The summed E-state index contributed by atoms with van der Waals surface area (Å²) < 4.78 is 1.30. The number of benzene rings is 1. The van der Waals surface area contributed by atoms with E-state index in [1.54, 1.807) is 0 Å². The van der Waals surface area contributed by atoms with Crippen LogP contribution in [-0.2, 0) is 6.42 Å². The molecule has 3 aromatic rings. The lowest BCUT2D eigenvalue weighted by Gasteiger charge is -2.08. The molecular formula is C16H16N6O2. The summed E-state index contributed by atoms with van der Waals surface area (Å²) in [7, 11) is 0. The monoisotopic (exact) mass is 324 g/mol. The zero-order chi connectivity index (χ0) is 16.9. The number of rotatable bonds is 6. The Hall–Kier alpha value is -3.29. The van der Waals surface area contributed by atoms with Gasteiger partial charge in [-0.1, -0.05) is 30.3 Å². The predicted molar refractivity (Wildman–Crippen MR) is 89.2 cm³/mol. The van der Waals surface area contributed by atoms with Crippen LogP contribution in [0.1, 0.15) is 11.3 Å². The SMILES string of the molecule is Cc1cc(NCCc2ccccc2)nc(-n2cc([N+](=O)[O-])cn2)n1. The molecule has 0 bridgehead atoms. The van der Waals surface area contributed by atoms with Crippen LogP contribution in [0.2, 0.25) is 0 Å². The number of hydrogen-bond acceptors (Lipinski definition) is 6. The van der Waals surface area contributed by atoms with Crippen LogP contribution in [0.4, 0.5) is 11.5 Å². The molecule has 0 aliphatic carbocycles. The van der Waals surface area contributed by atoms with E-state index in [2.05, 4.69) is 32.5 Å². The van der Waals surface area contributed by atoms with E-state index < -0.39 is 4.92 Å². The first kappa shape index (κ1) is 15.6. The van der Waals surface area contributed by atoms with Crippen molar-refractivity contribution in [2.75, 3.05) is 11.9 Å². The molecule has 2 heterocycles. The Bertz CT molecular complexity index is 847. The molecule has 0 saturated carbocycles. The lowest BCUT2D eigenvalue weighted by atomic mass is 10.1. The molecule has 1 N–H and O–H groups in total. The molecule has 0 amide bonds. The summed E-state index contributed by atoms with van der Waals surface area (Å²) >= 11 is 0. The summed E-state index contributed by atoms with van der Waals surface area (Å²) in [5.41, 5.74) is 1.89. The van der Waals surface area contributed by atoms with Crippen molar-refractivity contribution in [3.8, 4) is 5.95 Å². The quantitative estimate of drug-likeness (QED) is 0.552. The van der Waals surface area contributed by atoms with Crippen molar-refractivity contribution >= 4 is 11.5 Å². The largest absolute Gasteiger partial charge is 0.370 e. The maximum atomic E-state index is 10.8. The molecule has 0 atom stereocenters. The molecule has 0 aliphatic heterocycles. The van der Waals surface area contributed by atoms with E-state index in [4.69, 9.17) is 0 Å². The maximum Gasteiger partial charge on any atom is 0.307 e. The summed E-state index contributed by atoms with van der Waals surface area (Å²) in [5, 5.41) is 17.9. The Kier molecular flexibility index (Phi) is 4.46. The molecule has 0 unspecified atom stereocenters. The van der Waals surface area contributed by atoms with Crippen molar-refractivity contribution in [1.82, 2.24) is 19.7 Å². The Morgan fingerprint density at radius 2 is 2.04 bits per heavy atom. The number of aromatic nitrogens is 4. The second-order valence-corrected chi connectivity index (χ2v) is 5.26. The van der Waals surface area contributed by atoms with Gasteiger partial charge in [-0.2, -0.15) is 14.8 Å². The van der Waals surface area contributed by atoms with E-state index in [9.17, 15) is 10.1 Å². The third-order valence-corrected chi connectivity index (χ3v) is 3.39. The van der Waals surface area contributed by atoms with Crippen molar-refractivity contribution in [2.45, 2.75) is 13.3 Å². The molecule has 122 valence electrons. The van der Waals surface area contributed by atoms with Crippen LogP contribution in [-0.4, -0.2) is 31.2 Å². The highest BCUT2D eigenvalue weighted by Gasteiger charge is 2.12. The highest BCUT2D eigenvalue weighted by Crippen LogP contribution is 2.13. The van der Waals surface area contributed by atoms with Gasteiger partial charge in [-0.15, -0.1) is 0 Å². The normalized spacial score (nSPS) is 10.5. The zero-order valence-electron chi connectivity index (χ0n) is 13.1. The zero-order valence-corrected chi connectivity index (χ0v) is 13.1. The average molecular weight is 324 g/mol. The minimum atomic E-state index is -0.502. The van der Waals surface area contributed by atoms with Crippen molar-refractivity contribution in [3.05, 3.63) is 70.2 Å². The van der Waals surface area contributed by atoms with Gasteiger partial charge in [0.1, 0.15) is 18.2 Å². The van der Waals surface area contributed by atoms with E-state index in [-0.39, 0.29) is 5.69 Å². The van der Waals surface area contributed by atoms with Crippen LogP contribution in [0.5, 0.6) is 0 Å². The van der Waals surface area contributed by atoms with Crippen LogP contribution in [0, 0.1) is 17.0 Å². The van der Waals surface area contributed by atoms with E-state index in [1.165, 1.54) is 22.6 Å². The molecule has 0 radical (unpaired) electrons. The summed E-state index contributed by atoms with van der Waals surface area (Å²) in [5.74, 6) is 0.955. The van der Waals surface area contributed by atoms with Gasteiger partial charge in [-0.25, -0.2) is 4.98 Å². The van der Waals surface area contributed by atoms with Gasteiger partial charge >= 0.3 is 5.69 Å². The summed E-state index contributed by atoms with van der Waals surface area (Å²) in [6.07, 6.45) is 3.34. The smallest absolute Gasteiger partial charge is 0.307 e. The van der Waals surface area contributed by atoms with Crippen molar-refractivity contribution in [3.63, 3.8) is 0 Å². The molecule has 2 aromatic heterocycles. The Balaban J connectivity index is 1.72. The topological polar surface area (TPSA) is 98.8 Å². The predicted octanol–water partition coefficient (Wildman–Crippen LogP) is 2.53. The molecule has 8 nitrogen and oxygen atoms in total. The first-order chi connectivity index (χ1) is 11.6. The summed E-state index contributed by atoms with van der Waals surface area (Å²) in [6, 6.07) is 12.0. The molecule has 3 rings (SSSR count).